The zero-order chi connectivity index (χ0) is 13.8. The normalized spacial score (nSPS) is 26.5. The summed E-state index contributed by atoms with van der Waals surface area (Å²) in [4.78, 5) is 2.63. The fourth-order valence-electron chi connectivity index (χ4n) is 2.80. The molecule has 0 saturated carbocycles. The van der Waals surface area contributed by atoms with Gasteiger partial charge in [0.1, 0.15) is 0 Å². The van der Waals surface area contributed by atoms with E-state index in [1.807, 2.05) is 17.9 Å². The number of hydrogen-bond donors (Lipinski definition) is 1. The molecule has 1 aromatic rings. The van der Waals surface area contributed by atoms with Gasteiger partial charge in [0, 0.05) is 45.0 Å². The van der Waals surface area contributed by atoms with Crippen LogP contribution >= 0.6 is 0 Å². The minimum atomic E-state index is 0.636. The molecule has 1 fully saturated rings. The molecule has 3 atom stereocenters. The Morgan fingerprint density at radius 2 is 2.32 bits per heavy atom. The predicted molar refractivity (Wildman–Crippen MR) is 79.2 cm³/mol. The lowest BCUT2D eigenvalue weighted by Gasteiger charge is -2.41. The highest BCUT2D eigenvalue weighted by atomic mass is 15.2. The van der Waals surface area contributed by atoms with Crippen LogP contribution in [0.3, 0.4) is 0 Å². The lowest BCUT2D eigenvalue weighted by molar-refractivity contribution is 0.120. The van der Waals surface area contributed by atoms with E-state index >= 15 is 0 Å². The third-order valence-corrected chi connectivity index (χ3v) is 4.51. The molecule has 0 aliphatic carbocycles. The van der Waals surface area contributed by atoms with Crippen molar-refractivity contribution < 1.29 is 0 Å². The van der Waals surface area contributed by atoms with Gasteiger partial charge in [0.25, 0.3) is 0 Å². The fourth-order valence-corrected chi connectivity index (χ4v) is 2.80. The van der Waals surface area contributed by atoms with Gasteiger partial charge in [-0.25, -0.2) is 0 Å². The van der Waals surface area contributed by atoms with Crippen molar-refractivity contribution in [2.75, 3.05) is 19.6 Å². The zero-order valence-electron chi connectivity index (χ0n) is 12.8. The first-order valence-corrected chi connectivity index (χ1v) is 7.55. The molecule has 1 aliphatic heterocycles. The van der Waals surface area contributed by atoms with Gasteiger partial charge in [-0.3, -0.25) is 9.58 Å². The van der Waals surface area contributed by atoms with Crippen molar-refractivity contribution in [2.45, 2.75) is 45.7 Å². The molecule has 0 aromatic carbocycles. The van der Waals surface area contributed by atoms with Crippen LogP contribution in [-0.2, 0) is 13.5 Å². The minimum Gasteiger partial charge on any atom is -0.311 e. The summed E-state index contributed by atoms with van der Waals surface area (Å²) < 4.78 is 1.89. The first-order valence-electron chi connectivity index (χ1n) is 7.55. The van der Waals surface area contributed by atoms with Crippen LogP contribution in [0.1, 0.15) is 32.8 Å². The second-order valence-corrected chi connectivity index (χ2v) is 6.02. The van der Waals surface area contributed by atoms with Crippen LogP contribution in [0.5, 0.6) is 0 Å². The number of nitrogens with zero attached hydrogens (tertiary/aromatic N) is 3. The second kappa shape index (κ2) is 6.53. The third kappa shape index (κ3) is 3.80. The van der Waals surface area contributed by atoms with Gasteiger partial charge in [-0.15, -0.1) is 0 Å². The van der Waals surface area contributed by atoms with Crippen molar-refractivity contribution in [3.63, 3.8) is 0 Å². The van der Waals surface area contributed by atoms with Gasteiger partial charge in [0.05, 0.1) is 6.20 Å². The van der Waals surface area contributed by atoms with Crippen molar-refractivity contribution in [1.29, 1.82) is 0 Å². The summed E-state index contributed by atoms with van der Waals surface area (Å²) in [5.41, 5.74) is 1.34. The molecule has 1 N–H and O–H groups in total. The standard InChI is InChI=1S/C15H28N4/c1-5-12(2)15-11-19(13(3)8-16-15)7-6-14-9-17-18(4)10-14/h9-10,12-13,15-16H,5-8,11H2,1-4H3. The Morgan fingerprint density at radius 3 is 2.95 bits per heavy atom. The van der Waals surface area contributed by atoms with Gasteiger partial charge in [-0.1, -0.05) is 20.3 Å². The molecule has 4 nitrogen and oxygen atoms in total. The highest BCUT2D eigenvalue weighted by Gasteiger charge is 2.27. The largest absolute Gasteiger partial charge is 0.311 e. The van der Waals surface area contributed by atoms with Crippen molar-refractivity contribution in [2.24, 2.45) is 13.0 Å². The Kier molecular flexibility index (Phi) is 4.99. The van der Waals surface area contributed by atoms with Gasteiger partial charge in [0.15, 0.2) is 0 Å². The minimum absolute atomic E-state index is 0.636. The molecule has 3 unspecified atom stereocenters. The SMILES string of the molecule is CCC(C)C1CN(CCc2cnn(C)c2)C(C)CN1. The van der Waals surface area contributed by atoms with E-state index in [2.05, 4.69) is 42.3 Å². The summed E-state index contributed by atoms with van der Waals surface area (Å²) in [6, 6.07) is 1.28. The van der Waals surface area contributed by atoms with Gasteiger partial charge in [0.2, 0.25) is 0 Å². The van der Waals surface area contributed by atoms with Gasteiger partial charge < -0.3 is 5.32 Å². The van der Waals surface area contributed by atoms with Crippen LogP contribution in [0.2, 0.25) is 0 Å². The Hall–Kier alpha value is -0.870. The van der Waals surface area contributed by atoms with E-state index in [4.69, 9.17) is 0 Å². The van der Waals surface area contributed by atoms with E-state index < -0.39 is 0 Å². The smallest absolute Gasteiger partial charge is 0.0522 e. The maximum absolute atomic E-state index is 4.24. The highest BCUT2D eigenvalue weighted by Crippen LogP contribution is 2.16. The molecule has 0 amide bonds. The van der Waals surface area contributed by atoms with Gasteiger partial charge >= 0.3 is 0 Å². The summed E-state index contributed by atoms with van der Waals surface area (Å²) in [7, 11) is 1.98. The highest BCUT2D eigenvalue weighted by molar-refractivity contribution is 5.04. The monoisotopic (exact) mass is 264 g/mol. The Morgan fingerprint density at radius 1 is 1.53 bits per heavy atom. The summed E-state index contributed by atoms with van der Waals surface area (Å²) in [6.07, 6.45) is 6.46. The number of aromatic nitrogens is 2. The first-order chi connectivity index (χ1) is 9.10. The average Bonchev–Trinajstić information content (AvgIpc) is 2.82. The van der Waals surface area contributed by atoms with E-state index in [1.54, 1.807) is 0 Å². The Bertz CT molecular complexity index is 387. The summed E-state index contributed by atoms with van der Waals surface area (Å²) in [5, 5.41) is 7.94. The number of hydrogen-bond acceptors (Lipinski definition) is 3. The van der Waals surface area contributed by atoms with E-state index in [9.17, 15) is 0 Å². The molecule has 2 rings (SSSR count). The lowest BCUT2D eigenvalue weighted by atomic mass is 9.95. The molecule has 1 aliphatic rings. The van der Waals surface area contributed by atoms with Gasteiger partial charge in [-0.2, -0.15) is 5.10 Å². The van der Waals surface area contributed by atoms with E-state index in [-0.39, 0.29) is 0 Å². The molecular weight excluding hydrogens is 236 g/mol. The number of rotatable bonds is 5. The van der Waals surface area contributed by atoms with Crippen LogP contribution in [0.15, 0.2) is 12.4 Å². The second-order valence-electron chi connectivity index (χ2n) is 6.02. The van der Waals surface area contributed by atoms with Crippen molar-refractivity contribution in [1.82, 2.24) is 20.0 Å². The van der Waals surface area contributed by atoms with Crippen LogP contribution in [-0.4, -0.2) is 46.4 Å². The first kappa shape index (κ1) is 14.5. The molecule has 108 valence electrons. The average molecular weight is 264 g/mol. The van der Waals surface area contributed by atoms with E-state index in [1.165, 1.54) is 18.5 Å². The van der Waals surface area contributed by atoms with Crippen LogP contribution in [0.4, 0.5) is 0 Å². The molecule has 1 saturated heterocycles. The van der Waals surface area contributed by atoms with Crippen molar-refractivity contribution >= 4 is 0 Å². The molecule has 1 aromatic heterocycles. The van der Waals surface area contributed by atoms with E-state index in [0.29, 0.717) is 12.1 Å². The Labute approximate surface area is 117 Å². The molecule has 0 radical (unpaired) electrons. The predicted octanol–water partition coefficient (Wildman–Crippen LogP) is 1.67. The fraction of sp³-hybridized carbons (Fsp3) is 0.800. The van der Waals surface area contributed by atoms with Crippen LogP contribution in [0, 0.1) is 5.92 Å². The third-order valence-electron chi connectivity index (χ3n) is 4.51. The molecule has 2 heterocycles. The van der Waals surface area contributed by atoms with Crippen LogP contribution in [0.25, 0.3) is 0 Å². The number of aryl methyl sites for hydroxylation is 1. The summed E-state index contributed by atoms with van der Waals surface area (Å²) >= 11 is 0. The maximum Gasteiger partial charge on any atom is 0.0522 e. The molecular formula is C15H28N4. The number of nitrogens with one attached hydrogen (secondary N) is 1. The zero-order valence-corrected chi connectivity index (χ0v) is 12.8. The Balaban J connectivity index is 1.86. The molecule has 0 spiro atoms. The number of piperazine rings is 1. The quantitative estimate of drug-likeness (QED) is 0.878. The van der Waals surface area contributed by atoms with Crippen molar-refractivity contribution in [3.8, 4) is 0 Å². The van der Waals surface area contributed by atoms with Crippen molar-refractivity contribution in [3.05, 3.63) is 18.0 Å². The lowest BCUT2D eigenvalue weighted by Crippen LogP contribution is -2.57. The molecule has 0 bridgehead atoms. The summed E-state index contributed by atoms with van der Waals surface area (Å²) in [6.45, 7) is 10.4. The van der Waals surface area contributed by atoms with Gasteiger partial charge in [-0.05, 0) is 24.8 Å². The topological polar surface area (TPSA) is 33.1 Å². The van der Waals surface area contributed by atoms with Crippen LogP contribution < -0.4 is 5.32 Å². The van der Waals surface area contributed by atoms with E-state index in [0.717, 1.165) is 25.4 Å². The summed E-state index contributed by atoms with van der Waals surface area (Å²) in [5.74, 6) is 0.758. The maximum atomic E-state index is 4.24. The molecule has 19 heavy (non-hydrogen) atoms. The molecule has 4 heteroatoms.